The number of hydrogen-bond donors (Lipinski definition) is 1. The first kappa shape index (κ1) is 45.6. The van der Waals surface area contributed by atoms with E-state index in [4.69, 9.17) is 0 Å². The molecule has 3 aliphatic carbocycles. The molecule has 0 aromatic heterocycles. The van der Waals surface area contributed by atoms with E-state index in [0.29, 0.717) is 0 Å². The number of anilines is 5. The highest BCUT2D eigenvalue weighted by atomic mass is 15.2. The van der Waals surface area contributed by atoms with E-state index in [0.717, 1.165) is 18.7 Å². The second-order valence-electron chi connectivity index (χ2n) is 24.8. The molecular weight excluding hydrogens is 856 g/mol. The molecule has 8 aromatic rings. The molecule has 2 nitrogen and oxygen atoms in total. The van der Waals surface area contributed by atoms with Crippen molar-refractivity contribution in [2.24, 2.45) is 0 Å². The molecule has 8 aromatic carbocycles. The maximum Gasteiger partial charge on any atom is 0.198 e. The fourth-order valence-electron chi connectivity index (χ4n) is 13.3. The molecule has 4 aliphatic rings. The van der Waals surface area contributed by atoms with Crippen LogP contribution in [-0.4, -0.2) is 7.28 Å². The van der Waals surface area contributed by atoms with Crippen molar-refractivity contribution in [1.29, 1.82) is 0 Å². The molecule has 354 valence electrons. The number of benzene rings is 8. The molecule has 0 atom stereocenters. The van der Waals surface area contributed by atoms with E-state index in [1.54, 1.807) is 0 Å². The Balaban J connectivity index is 1.18. The van der Waals surface area contributed by atoms with Crippen LogP contribution in [0.3, 0.4) is 0 Å². The van der Waals surface area contributed by atoms with Gasteiger partial charge >= 0.3 is 0 Å². The summed E-state index contributed by atoms with van der Waals surface area (Å²) in [7, 11) is 0.833. The maximum atomic E-state index is 4.01. The summed E-state index contributed by atoms with van der Waals surface area (Å²) in [5, 5.41) is 4.01. The minimum absolute atomic E-state index is 0.0484. The second-order valence-corrected chi connectivity index (χ2v) is 24.8. The zero-order valence-electron chi connectivity index (χ0n) is 44.0. The van der Waals surface area contributed by atoms with Crippen LogP contribution in [0.25, 0.3) is 44.5 Å². The minimum atomic E-state index is -0.238. The van der Waals surface area contributed by atoms with E-state index in [2.05, 4.69) is 244 Å². The Kier molecular flexibility index (Phi) is 10.2. The molecule has 1 N–H and O–H groups in total. The Labute approximate surface area is 424 Å². The fourth-order valence-corrected chi connectivity index (χ4v) is 13.3. The molecule has 0 saturated heterocycles. The van der Waals surface area contributed by atoms with Crippen LogP contribution in [0.4, 0.5) is 28.4 Å². The molecular formula is C68H69BN2. The summed E-state index contributed by atoms with van der Waals surface area (Å²) >= 11 is 0. The molecule has 0 unspecified atom stereocenters. The van der Waals surface area contributed by atoms with Gasteiger partial charge in [-0.2, -0.15) is 0 Å². The minimum Gasteiger partial charge on any atom is -0.355 e. The van der Waals surface area contributed by atoms with Crippen LogP contribution in [0.15, 0.2) is 158 Å². The van der Waals surface area contributed by atoms with Crippen LogP contribution >= 0.6 is 0 Å². The first-order chi connectivity index (χ1) is 33.8. The second kappa shape index (κ2) is 16.0. The van der Waals surface area contributed by atoms with E-state index in [-0.39, 0.29) is 27.1 Å². The van der Waals surface area contributed by atoms with Gasteiger partial charge in [0.1, 0.15) is 0 Å². The molecule has 0 amide bonds. The van der Waals surface area contributed by atoms with E-state index in [9.17, 15) is 0 Å². The normalized spacial score (nSPS) is 17.9. The summed E-state index contributed by atoms with van der Waals surface area (Å²) in [5.41, 5.74) is 29.3. The quantitative estimate of drug-likeness (QED) is 0.167. The van der Waals surface area contributed by atoms with Crippen LogP contribution in [0.2, 0.25) is 0 Å². The standard InChI is InChI=1S/C68H69BN2/c1-42-36-52-54(66(6,7)34-32-64(52,2)3)40-59(42)71-60-41-55-53(65(4,5)33-35-67(55,8)9)39-57(60)69-62-50(38-56-61(63(62)71)48-24-18-19-25-51(48)68(56,10)11)49-37-46(44-22-16-13-17-23-44)28-31-58(49)70-47-29-26-45(27-30-47)43-20-14-12-15-21-43/h12-31,36-41,69-70H,32-35H2,1-11H3. The van der Waals surface area contributed by atoms with Crippen molar-refractivity contribution >= 4 is 46.6 Å². The topological polar surface area (TPSA) is 15.3 Å². The van der Waals surface area contributed by atoms with Crippen LogP contribution in [-0.2, 0) is 27.1 Å². The summed E-state index contributed by atoms with van der Waals surface area (Å²) in [4.78, 5) is 2.79. The van der Waals surface area contributed by atoms with Gasteiger partial charge in [0.25, 0.3) is 0 Å². The SMILES string of the molecule is Cc1cc2c(cc1N1c3cc4c(cc3Bc3c(-c5cc(-c6ccccc6)ccc5Nc5ccc(-c6ccccc6)cc5)cc5c(c31)-c1ccccc1C5(C)C)C(C)(C)CCC4(C)C)C(C)(C)CCC2(C)C. The van der Waals surface area contributed by atoms with Gasteiger partial charge in [-0.3, -0.25) is 0 Å². The van der Waals surface area contributed by atoms with Crippen molar-refractivity contribution in [3.63, 3.8) is 0 Å². The van der Waals surface area contributed by atoms with Gasteiger partial charge in [0.05, 0.1) is 0 Å². The molecule has 0 spiro atoms. The molecule has 1 heterocycles. The van der Waals surface area contributed by atoms with Gasteiger partial charge in [0.2, 0.25) is 0 Å². The Bertz CT molecular complexity index is 3420. The monoisotopic (exact) mass is 925 g/mol. The molecule has 0 radical (unpaired) electrons. The van der Waals surface area contributed by atoms with E-state index in [1.807, 2.05) is 0 Å². The summed E-state index contributed by atoms with van der Waals surface area (Å²) in [6.45, 7) is 27.1. The highest BCUT2D eigenvalue weighted by Crippen LogP contribution is 2.58. The first-order valence-corrected chi connectivity index (χ1v) is 26.4. The lowest BCUT2D eigenvalue weighted by Crippen LogP contribution is -2.44. The van der Waals surface area contributed by atoms with Crippen LogP contribution in [0.1, 0.15) is 134 Å². The first-order valence-electron chi connectivity index (χ1n) is 26.4. The summed E-state index contributed by atoms with van der Waals surface area (Å²) in [5.74, 6) is 0. The molecule has 0 saturated carbocycles. The molecule has 1 aliphatic heterocycles. The lowest BCUT2D eigenvalue weighted by atomic mass is 9.54. The summed E-state index contributed by atoms with van der Waals surface area (Å²) in [6.07, 6.45) is 4.71. The third-order valence-corrected chi connectivity index (χ3v) is 17.9. The highest BCUT2D eigenvalue weighted by Gasteiger charge is 2.45. The number of hydrogen-bond acceptors (Lipinski definition) is 2. The molecule has 12 rings (SSSR count). The molecule has 0 bridgehead atoms. The predicted molar refractivity (Wildman–Crippen MR) is 306 cm³/mol. The average molecular weight is 925 g/mol. The molecule has 0 fully saturated rings. The smallest absolute Gasteiger partial charge is 0.198 e. The van der Waals surface area contributed by atoms with Crippen molar-refractivity contribution in [2.75, 3.05) is 10.2 Å². The lowest BCUT2D eigenvalue weighted by Gasteiger charge is -2.46. The number of nitrogens with one attached hydrogen (secondary N) is 1. The van der Waals surface area contributed by atoms with Crippen molar-refractivity contribution < 1.29 is 0 Å². The Morgan fingerprint density at radius 2 is 0.930 bits per heavy atom. The van der Waals surface area contributed by atoms with Crippen LogP contribution < -0.4 is 21.1 Å². The largest absolute Gasteiger partial charge is 0.355 e. The Morgan fingerprint density at radius 1 is 0.423 bits per heavy atom. The zero-order valence-corrected chi connectivity index (χ0v) is 44.0. The van der Waals surface area contributed by atoms with E-state index < -0.39 is 0 Å². The van der Waals surface area contributed by atoms with Crippen LogP contribution in [0, 0.1) is 6.92 Å². The van der Waals surface area contributed by atoms with Gasteiger partial charge in [-0.15, -0.1) is 0 Å². The van der Waals surface area contributed by atoms with E-state index >= 15 is 0 Å². The Hall–Kier alpha value is -6.58. The Morgan fingerprint density at radius 3 is 1.55 bits per heavy atom. The number of nitrogens with zero attached hydrogens (tertiary/aromatic N) is 1. The number of fused-ring (bicyclic) bond motifs is 8. The summed E-state index contributed by atoms with van der Waals surface area (Å²) < 4.78 is 0. The third-order valence-electron chi connectivity index (χ3n) is 17.9. The fraction of sp³-hybridized carbons (Fsp3) is 0.294. The molecule has 71 heavy (non-hydrogen) atoms. The van der Waals surface area contributed by atoms with Gasteiger partial charge < -0.3 is 10.2 Å². The van der Waals surface area contributed by atoms with E-state index in [1.165, 1.54) is 137 Å². The van der Waals surface area contributed by atoms with Crippen LogP contribution in [0.5, 0.6) is 0 Å². The predicted octanol–water partition coefficient (Wildman–Crippen LogP) is 16.9. The van der Waals surface area contributed by atoms with Crippen molar-refractivity contribution in [3.8, 4) is 44.5 Å². The average Bonchev–Trinajstić information content (AvgIpc) is 3.59. The zero-order chi connectivity index (χ0) is 49.4. The maximum absolute atomic E-state index is 4.01. The number of aryl methyl sites for hydroxylation is 1. The molecule has 3 heteroatoms. The third kappa shape index (κ3) is 7.27. The lowest BCUT2D eigenvalue weighted by molar-refractivity contribution is 0.331. The van der Waals surface area contributed by atoms with Gasteiger partial charge in [0, 0.05) is 45.0 Å². The van der Waals surface area contributed by atoms with Gasteiger partial charge in [-0.1, -0.05) is 190 Å². The van der Waals surface area contributed by atoms with Gasteiger partial charge in [-0.25, -0.2) is 0 Å². The van der Waals surface area contributed by atoms with Crippen molar-refractivity contribution in [1.82, 2.24) is 0 Å². The number of rotatable bonds is 6. The van der Waals surface area contributed by atoms with Crippen molar-refractivity contribution in [2.45, 2.75) is 129 Å². The highest BCUT2D eigenvalue weighted by molar-refractivity contribution is 6.73. The summed E-state index contributed by atoms with van der Waals surface area (Å²) in [6, 6.07) is 60.2. The van der Waals surface area contributed by atoms with Crippen molar-refractivity contribution in [3.05, 3.63) is 197 Å². The van der Waals surface area contributed by atoms with Gasteiger partial charge in [0.15, 0.2) is 7.28 Å². The van der Waals surface area contributed by atoms with Gasteiger partial charge in [-0.05, 0) is 175 Å².